The molecule has 0 aromatic heterocycles. The number of carbonyl (C=O) groups is 1. The third-order valence-electron chi connectivity index (χ3n) is 3.00. The highest BCUT2D eigenvalue weighted by Gasteiger charge is 2.30. The molecule has 2 heterocycles. The van der Waals surface area contributed by atoms with Crippen LogP contribution in [0.2, 0.25) is 0 Å². The van der Waals surface area contributed by atoms with Crippen LogP contribution in [0, 0.1) is 0 Å². The van der Waals surface area contributed by atoms with Crippen LogP contribution >= 0.6 is 0 Å². The molecular formula is C10H19N3O3. The monoisotopic (exact) mass is 229 g/mol. The van der Waals surface area contributed by atoms with Gasteiger partial charge >= 0.3 is 6.09 Å². The number of rotatable bonds is 4. The van der Waals surface area contributed by atoms with E-state index < -0.39 is 0 Å². The fourth-order valence-electron chi connectivity index (χ4n) is 1.97. The van der Waals surface area contributed by atoms with Gasteiger partial charge < -0.3 is 20.1 Å². The van der Waals surface area contributed by atoms with Crippen LogP contribution in [0.3, 0.4) is 0 Å². The highest BCUT2D eigenvalue weighted by Crippen LogP contribution is 2.10. The maximum Gasteiger partial charge on any atom is 0.410 e. The van der Waals surface area contributed by atoms with Crippen molar-refractivity contribution in [2.75, 3.05) is 52.5 Å². The van der Waals surface area contributed by atoms with Crippen LogP contribution < -0.4 is 5.73 Å². The lowest BCUT2D eigenvalue weighted by Gasteiger charge is -2.27. The number of amides is 1. The molecular weight excluding hydrogens is 210 g/mol. The van der Waals surface area contributed by atoms with E-state index in [2.05, 4.69) is 4.90 Å². The normalized spacial score (nSPS) is 27.2. The van der Waals surface area contributed by atoms with Gasteiger partial charge in [-0.3, -0.25) is 4.90 Å². The van der Waals surface area contributed by atoms with Crippen LogP contribution in [-0.4, -0.2) is 74.5 Å². The minimum Gasteiger partial charge on any atom is -0.443 e. The van der Waals surface area contributed by atoms with E-state index in [1.54, 1.807) is 4.90 Å². The minimum atomic E-state index is -0.233. The molecule has 2 aliphatic rings. The molecule has 2 saturated heterocycles. The molecule has 0 aromatic rings. The summed E-state index contributed by atoms with van der Waals surface area (Å²) in [6, 6.07) is 0. The summed E-state index contributed by atoms with van der Waals surface area (Å²) >= 11 is 0. The van der Waals surface area contributed by atoms with E-state index in [-0.39, 0.29) is 12.2 Å². The Hall–Kier alpha value is -0.850. The van der Waals surface area contributed by atoms with Crippen LogP contribution in [0.4, 0.5) is 4.79 Å². The summed E-state index contributed by atoms with van der Waals surface area (Å²) in [5, 5.41) is 0. The maximum absolute atomic E-state index is 11.4. The molecule has 0 saturated carbocycles. The zero-order chi connectivity index (χ0) is 11.4. The summed E-state index contributed by atoms with van der Waals surface area (Å²) in [6.07, 6.45) is -0.360. The van der Waals surface area contributed by atoms with Gasteiger partial charge in [0.15, 0.2) is 0 Å². The van der Waals surface area contributed by atoms with Gasteiger partial charge in [0, 0.05) is 32.7 Å². The second-order valence-electron chi connectivity index (χ2n) is 4.14. The maximum atomic E-state index is 11.4. The molecule has 2 aliphatic heterocycles. The average molecular weight is 229 g/mol. The third-order valence-corrected chi connectivity index (χ3v) is 3.00. The first-order valence-corrected chi connectivity index (χ1v) is 5.75. The van der Waals surface area contributed by atoms with Gasteiger partial charge in [-0.15, -0.1) is 0 Å². The van der Waals surface area contributed by atoms with Gasteiger partial charge in [-0.2, -0.15) is 0 Å². The Labute approximate surface area is 95.3 Å². The van der Waals surface area contributed by atoms with Crippen molar-refractivity contribution < 1.29 is 14.3 Å². The van der Waals surface area contributed by atoms with Crippen molar-refractivity contribution in [3.63, 3.8) is 0 Å². The molecule has 6 nitrogen and oxygen atoms in total. The first kappa shape index (κ1) is 11.6. The van der Waals surface area contributed by atoms with Crippen molar-refractivity contribution >= 4 is 6.09 Å². The molecule has 2 fully saturated rings. The highest BCUT2D eigenvalue weighted by molar-refractivity contribution is 5.69. The van der Waals surface area contributed by atoms with Crippen LogP contribution in [0.1, 0.15) is 0 Å². The van der Waals surface area contributed by atoms with E-state index in [0.717, 1.165) is 39.4 Å². The van der Waals surface area contributed by atoms with Gasteiger partial charge in [0.1, 0.15) is 6.10 Å². The van der Waals surface area contributed by atoms with E-state index in [1.165, 1.54) is 0 Å². The summed E-state index contributed by atoms with van der Waals surface area (Å²) in [5.41, 5.74) is 5.47. The second kappa shape index (κ2) is 5.47. The van der Waals surface area contributed by atoms with Crippen molar-refractivity contribution in [1.82, 2.24) is 9.80 Å². The summed E-state index contributed by atoms with van der Waals surface area (Å²) in [6.45, 7) is 6.10. The molecule has 0 bridgehead atoms. The SMILES string of the molecule is NCC1CN(CCN2CCOCC2)C(=O)O1. The zero-order valence-electron chi connectivity index (χ0n) is 9.43. The van der Waals surface area contributed by atoms with Gasteiger partial charge in [0.25, 0.3) is 0 Å². The molecule has 92 valence electrons. The Morgan fingerprint density at radius 3 is 2.69 bits per heavy atom. The quantitative estimate of drug-likeness (QED) is 0.676. The van der Waals surface area contributed by atoms with Gasteiger partial charge in [0.05, 0.1) is 19.8 Å². The van der Waals surface area contributed by atoms with E-state index in [4.69, 9.17) is 15.2 Å². The van der Waals surface area contributed by atoms with Crippen molar-refractivity contribution in [3.8, 4) is 0 Å². The molecule has 1 amide bonds. The second-order valence-corrected chi connectivity index (χ2v) is 4.14. The first-order valence-electron chi connectivity index (χ1n) is 5.75. The fraction of sp³-hybridized carbons (Fsp3) is 0.900. The molecule has 2 rings (SSSR count). The Balaban J connectivity index is 1.71. The number of nitrogens with zero attached hydrogens (tertiary/aromatic N) is 2. The average Bonchev–Trinajstić information content (AvgIpc) is 2.69. The number of nitrogens with two attached hydrogens (primary N) is 1. The number of ether oxygens (including phenoxy) is 2. The van der Waals surface area contributed by atoms with Gasteiger partial charge in [-0.25, -0.2) is 4.79 Å². The third kappa shape index (κ3) is 2.84. The number of hydrogen-bond acceptors (Lipinski definition) is 5. The fourth-order valence-corrected chi connectivity index (χ4v) is 1.97. The summed E-state index contributed by atoms with van der Waals surface area (Å²) < 4.78 is 10.3. The molecule has 0 radical (unpaired) electrons. The molecule has 16 heavy (non-hydrogen) atoms. The summed E-state index contributed by atoms with van der Waals surface area (Å²) in [4.78, 5) is 15.4. The van der Waals surface area contributed by atoms with Crippen molar-refractivity contribution in [2.45, 2.75) is 6.10 Å². The molecule has 1 unspecified atom stereocenters. The Morgan fingerprint density at radius 2 is 2.06 bits per heavy atom. The summed E-state index contributed by atoms with van der Waals surface area (Å²) in [7, 11) is 0. The number of cyclic esters (lactones) is 1. The molecule has 1 atom stereocenters. The molecule has 6 heteroatoms. The molecule has 0 aliphatic carbocycles. The summed E-state index contributed by atoms with van der Waals surface area (Å²) in [5.74, 6) is 0. The predicted octanol–water partition coefficient (Wildman–Crippen LogP) is -0.902. The predicted molar refractivity (Wildman–Crippen MR) is 58.2 cm³/mol. The lowest BCUT2D eigenvalue weighted by Crippen LogP contribution is -2.42. The van der Waals surface area contributed by atoms with Gasteiger partial charge in [0.2, 0.25) is 0 Å². The lowest BCUT2D eigenvalue weighted by molar-refractivity contribution is 0.0353. The Kier molecular flexibility index (Phi) is 3.98. The zero-order valence-corrected chi connectivity index (χ0v) is 9.43. The standard InChI is InChI=1S/C10H19N3O3/c11-7-9-8-13(10(14)16-9)2-1-12-3-5-15-6-4-12/h9H,1-8,11H2. The van der Waals surface area contributed by atoms with Crippen molar-refractivity contribution in [1.29, 1.82) is 0 Å². The number of hydrogen-bond donors (Lipinski definition) is 1. The topological polar surface area (TPSA) is 68.0 Å². The van der Waals surface area contributed by atoms with E-state index >= 15 is 0 Å². The van der Waals surface area contributed by atoms with Gasteiger partial charge in [-0.1, -0.05) is 0 Å². The Morgan fingerprint density at radius 1 is 1.31 bits per heavy atom. The van der Waals surface area contributed by atoms with E-state index in [0.29, 0.717) is 13.1 Å². The van der Waals surface area contributed by atoms with E-state index in [1.807, 2.05) is 0 Å². The highest BCUT2D eigenvalue weighted by atomic mass is 16.6. The molecule has 0 spiro atoms. The Bertz CT molecular complexity index is 243. The minimum absolute atomic E-state index is 0.128. The lowest BCUT2D eigenvalue weighted by atomic mass is 10.3. The molecule has 2 N–H and O–H groups in total. The van der Waals surface area contributed by atoms with Crippen LogP contribution in [-0.2, 0) is 9.47 Å². The molecule has 0 aromatic carbocycles. The van der Waals surface area contributed by atoms with Crippen molar-refractivity contribution in [2.24, 2.45) is 5.73 Å². The first-order chi connectivity index (χ1) is 7.79. The van der Waals surface area contributed by atoms with Crippen molar-refractivity contribution in [3.05, 3.63) is 0 Å². The largest absolute Gasteiger partial charge is 0.443 e. The smallest absolute Gasteiger partial charge is 0.410 e. The van der Waals surface area contributed by atoms with Crippen LogP contribution in [0.25, 0.3) is 0 Å². The van der Waals surface area contributed by atoms with Crippen LogP contribution in [0.15, 0.2) is 0 Å². The van der Waals surface area contributed by atoms with Gasteiger partial charge in [-0.05, 0) is 0 Å². The van der Waals surface area contributed by atoms with Crippen LogP contribution in [0.5, 0.6) is 0 Å². The number of morpholine rings is 1. The number of carbonyl (C=O) groups excluding carboxylic acids is 1. The van der Waals surface area contributed by atoms with E-state index in [9.17, 15) is 4.79 Å².